The number of ether oxygens (including phenoxy) is 1. The van der Waals surface area contributed by atoms with E-state index >= 15 is 0 Å². The molecule has 96 valence electrons. The summed E-state index contributed by atoms with van der Waals surface area (Å²) in [5.41, 5.74) is 1.20. The molecule has 4 nitrogen and oxygen atoms in total. The van der Waals surface area contributed by atoms with Crippen LogP contribution in [-0.4, -0.2) is 65.4 Å². The van der Waals surface area contributed by atoms with Crippen molar-refractivity contribution in [1.29, 1.82) is 0 Å². The summed E-state index contributed by atoms with van der Waals surface area (Å²) in [5, 5.41) is 0. The van der Waals surface area contributed by atoms with E-state index in [1.807, 2.05) is 12.1 Å². The van der Waals surface area contributed by atoms with Gasteiger partial charge in [-0.25, -0.2) is 4.21 Å². The quantitative estimate of drug-likeness (QED) is 0.634. The van der Waals surface area contributed by atoms with Crippen molar-refractivity contribution < 1.29 is 13.5 Å². The Balaban J connectivity index is 0.00000162. The topological polar surface area (TPSA) is 49.8 Å². The maximum atomic E-state index is 10.8. The fourth-order valence-electron chi connectivity index (χ4n) is 1.88. The first-order valence-electron chi connectivity index (χ1n) is 5.75. The summed E-state index contributed by atoms with van der Waals surface area (Å²) in [6.07, 6.45) is 0.971. The summed E-state index contributed by atoms with van der Waals surface area (Å²) < 4.78 is 25.0. The first-order valence-corrected chi connectivity index (χ1v) is 6.86. The number of morpholine rings is 1. The van der Waals surface area contributed by atoms with Crippen LogP contribution >= 0.6 is 0 Å². The van der Waals surface area contributed by atoms with Crippen LogP contribution in [-0.2, 0) is 22.2 Å². The zero-order valence-corrected chi connectivity index (χ0v) is 10.5. The Labute approximate surface area is 122 Å². The molecule has 6 heteroatoms. The van der Waals surface area contributed by atoms with E-state index in [9.17, 15) is 4.21 Å². The van der Waals surface area contributed by atoms with Crippen LogP contribution in [0, 0.1) is 0 Å². The van der Waals surface area contributed by atoms with Crippen LogP contribution in [0.2, 0.25) is 0 Å². The van der Waals surface area contributed by atoms with E-state index in [1.165, 1.54) is 5.56 Å². The fraction of sp³-hybridized carbons (Fsp3) is 0.500. The summed E-state index contributed by atoms with van der Waals surface area (Å²) in [5.74, 6) is 0. The van der Waals surface area contributed by atoms with E-state index < -0.39 is 11.1 Å². The molecule has 0 bridgehead atoms. The van der Waals surface area contributed by atoms with Crippen molar-refractivity contribution in [3.8, 4) is 0 Å². The minimum atomic E-state index is -1.87. The molecule has 1 fully saturated rings. The van der Waals surface area contributed by atoms with Crippen LogP contribution in [0.25, 0.3) is 0 Å². The van der Waals surface area contributed by atoms with Crippen molar-refractivity contribution in [2.45, 2.75) is 11.3 Å². The molecular weight excluding hydrogens is 245 g/mol. The van der Waals surface area contributed by atoms with Crippen molar-refractivity contribution in [2.75, 3.05) is 32.8 Å². The third kappa shape index (κ3) is 4.85. The van der Waals surface area contributed by atoms with Crippen LogP contribution < -0.4 is 0 Å². The number of hydrogen-bond acceptors (Lipinski definition) is 3. The third-order valence-corrected chi connectivity index (χ3v) is 3.62. The summed E-state index contributed by atoms with van der Waals surface area (Å²) >= 11 is -1.87. The van der Waals surface area contributed by atoms with E-state index in [4.69, 9.17) is 9.29 Å². The van der Waals surface area contributed by atoms with Crippen molar-refractivity contribution in [1.82, 2.24) is 4.90 Å². The van der Waals surface area contributed by atoms with E-state index in [-0.39, 0.29) is 18.9 Å². The van der Waals surface area contributed by atoms with Gasteiger partial charge in [0.05, 0.1) is 18.1 Å². The van der Waals surface area contributed by atoms with Gasteiger partial charge in [0.1, 0.15) is 0 Å². The average Bonchev–Trinajstić information content (AvgIpc) is 2.38. The molecule has 0 amide bonds. The summed E-state index contributed by atoms with van der Waals surface area (Å²) in [6, 6.07) is 7.27. The maximum absolute atomic E-state index is 10.8. The molecule has 18 heavy (non-hydrogen) atoms. The van der Waals surface area contributed by atoms with Gasteiger partial charge in [0.15, 0.2) is 11.1 Å². The molecule has 2 rings (SSSR count). The van der Waals surface area contributed by atoms with Crippen LogP contribution in [0.15, 0.2) is 29.2 Å². The first kappa shape index (κ1) is 15.9. The molecule has 1 N–H and O–H groups in total. The molecule has 1 unspecified atom stereocenters. The predicted molar refractivity (Wildman–Crippen MR) is 73.6 cm³/mol. The molecule has 1 atom stereocenters. The molecule has 1 aromatic rings. The number of rotatable bonds is 4. The van der Waals surface area contributed by atoms with Gasteiger partial charge in [-0.15, -0.1) is 0 Å². The average molecular weight is 263 g/mol. The Bertz CT molecular complexity index is 379. The van der Waals surface area contributed by atoms with Gasteiger partial charge in [-0.1, -0.05) is 12.1 Å². The van der Waals surface area contributed by atoms with Gasteiger partial charge in [0.25, 0.3) is 0 Å². The van der Waals surface area contributed by atoms with Crippen LogP contribution in [0.4, 0.5) is 0 Å². The second-order valence-corrected chi connectivity index (χ2v) is 5.07. The van der Waals surface area contributed by atoms with Gasteiger partial charge in [0, 0.05) is 19.6 Å². The summed E-state index contributed by atoms with van der Waals surface area (Å²) in [4.78, 5) is 2.84. The van der Waals surface area contributed by atoms with E-state index in [1.54, 1.807) is 12.1 Å². The molecule has 0 aromatic heterocycles. The SMILES string of the molecule is O=S(O)c1ccc(CCN2CCOCC2)cc1.[LiH]. The van der Waals surface area contributed by atoms with Crippen LogP contribution in [0.3, 0.4) is 0 Å². The van der Waals surface area contributed by atoms with Gasteiger partial charge >= 0.3 is 18.9 Å². The molecule has 1 aliphatic heterocycles. The Morgan fingerprint density at radius 2 is 1.83 bits per heavy atom. The predicted octanol–water partition coefficient (Wildman–Crippen LogP) is 0.493. The second kappa shape index (κ2) is 8.11. The molecule has 1 heterocycles. The Hall–Kier alpha value is -0.153. The van der Waals surface area contributed by atoms with Crippen LogP contribution in [0.5, 0.6) is 0 Å². The van der Waals surface area contributed by atoms with E-state index in [2.05, 4.69) is 4.90 Å². The zero-order chi connectivity index (χ0) is 12.1. The molecule has 1 aliphatic rings. The van der Waals surface area contributed by atoms with Crippen molar-refractivity contribution in [2.24, 2.45) is 0 Å². The van der Waals surface area contributed by atoms with Gasteiger partial charge in [-0.3, -0.25) is 4.90 Å². The molecule has 0 saturated carbocycles. The van der Waals surface area contributed by atoms with Gasteiger partial charge < -0.3 is 9.29 Å². The van der Waals surface area contributed by atoms with Gasteiger partial charge in [-0.05, 0) is 24.1 Å². The fourth-order valence-corrected chi connectivity index (χ4v) is 2.25. The molecule has 0 aliphatic carbocycles. The molecule has 1 aromatic carbocycles. The molecule has 0 spiro atoms. The van der Waals surface area contributed by atoms with E-state index in [0.29, 0.717) is 4.90 Å². The van der Waals surface area contributed by atoms with E-state index in [0.717, 1.165) is 39.3 Å². The van der Waals surface area contributed by atoms with Gasteiger partial charge in [0.2, 0.25) is 0 Å². The third-order valence-electron chi connectivity index (χ3n) is 2.95. The number of nitrogens with zero attached hydrogens (tertiary/aromatic N) is 1. The zero-order valence-electron chi connectivity index (χ0n) is 9.67. The van der Waals surface area contributed by atoms with Crippen molar-refractivity contribution in [3.05, 3.63) is 29.8 Å². The number of hydrogen-bond donors (Lipinski definition) is 1. The summed E-state index contributed by atoms with van der Waals surface area (Å²) in [6.45, 7) is 4.66. The minimum absolute atomic E-state index is 0. The standard InChI is InChI=1S/C12H17NO3S.Li.H/c14-17(15)12-3-1-11(2-4-12)5-6-13-7-9-16-10-8-13;;/h1-4H,5-10H2,(H,14,15);;. The molecule has 0 radical (unpaired) electrons. The second-order valence-electron chi connectivity index (χ2n) is 4.10. The van der Waals surface area contributed by atoms with Crippen molar-refractivity contribution in [3.63, 3.8) is 0 Å². The van der Waals surface area contributed by atoms with Gasteiger partial charge in [-0.2, -0.15) is 0 Å². The Morgan fingerprint density at radius 1 is 1.22 bits per heavy atom. The number of benzene rings is 1. The Kier molecular flexibility index (Phi) is 7.16. The summed E-state index contributed by atoms with van der Waals surface area (Å²) in [7, 11) is 0. The Morgan fingerprint density at radius 3 is 2.39 bits per heavy atom. The normalized spacial score (nSPS) is 18.1. The van der Waals surface area contributed by atoms with Crippen molar-refractivity contribution >= 4 is 29.9 Å². The van der Waals surface area contributed by atoms with Crippen LogP contribution in [0.1, 0.15) is 5.56 Å². The molecule has 1 saturated heterocycles. The molecular formula is C12H18LiNO3S. The first-order chi connectivity index (χ1) is 8.25. The monoisotopic (exact) mass is 263 g/mol.